The average molecular weight is 348 g/mol. The Labute approximate surface area is 149 Å². The van der Waals surface area contributed by atoms with Gasteiger partial charge in [0.1, 0.15) is 18.6 Å². The molecular weight excluding hydrogens is 332 g/mol. The van der Waals surface area contributed by atoms with Gasteiger partial charge in [0, 0.05) is 12.7 Å². The first-order valence-corrected chi connectivity index (χ1v) is 8.23. The van der Waals surface area contributed by atoms with Crippen LogP contribution in [0.15, 0.2) is 41.5 Å². The van der Waals surface area contributed by atoms with Crippen LogP contribution in [0.5, 0.6) is 0 Å². The highest BCUT2D eigenvalue weighted by molar-refractivity contribution is 5.72. The predicted molar refractivity (Wildman–Crippen MR) is 92.6 cm³/mol. The lowest BCUT2D eigenvalue weighted by Gasteiger charge is -2.09. The molecule has 4 aromatic rings. The lowest BCUT2D eigenvalue weighted by molar-refractivity contribution is 0.174. The third kappa shape index (κ3) is 2.12. The van der Waals surface area contributed by atoms with Crippen molar-refractivity contribution < 1.29 is 9.15 Å². The number of methoxy groups -OCH3 is 1. The summed E-state index contributed by atoms with van der Waals surface area (Å²) in [5, 5.41) is 8.77. The lowest BCUT2D eigenvalue weighted by Crippen LogP contribution is -2.08. The van der Waals surface area contributed by atoms with Crippen LogP contribution < -0.4 is 0 Å². The Bertz CT molecular complexity index is 1090. The van der Waals surface area contributed by atoms with E-state index in [1.807, 2.05) is 6.33 Å². The van der Waals surface area contributed by atoms with E-state index in [0.717, 1.165) is 39.9 Å². The monoisotopic (exact) mass is 348 g/mol. The van der Waals surface area contributed by atoms with E-state index >= 15 is 0 Å². The Hall–Kier alpha value is -3.26. The zero-order valence-electron chi connectivity index (χ0n) is 14.4. The molecule has 0 fully saturated rings. The molecule has 1 aliphatic rings. The number of fused-ring (bicyclic) bond motifs is 5. The summed E-state index contributed by atoms with van der Waals surface area (Å²) in [6.07, 6.45) is 4.90. The number of nitrogens with zero attached hydrogens (tertiary/aromatic N) is 6. The first-order chi connectivity index (χ1) is 12.8. The van der Waals surface area contributed by atoms with Crippen molar-refractivity contribution >= 4 is 0 Å². The van der Waals surface area contributed by atoms with Gasteiger partial charge in [-0.15, -0.1) is 10.2 Å². The first kappa shape index (κ1) is 15.0. The van der Waals surface area contributed by atoms with Gasteiger partial charge in [-0.25, -0.2) is 9.97 Å². The minimum Gasteiger partial charge on any atom is -0.442 e. The van der Waals surface area contributed by atoms with E-state index in [1.54, 1.807) is 13.3 Å². The zero-order valence-corrected chi connectivity index (χ0v) is 14.4. The number of aryl methyl sites for hydroxylation is 1. The van der Waals surface area contributed by atoms with Gasteiger partial charge in [-0.3, -0.25) is 4.57 Å². The van der Waals surface area contributed by atoms with Gasteiger partial charge in [0.15, 0.2) is 23.8 Å². The number of benzene rings is 1. The van der Waals surface area contributed by atoms with Crippen LogP contribution in [0.1, 0.15) is 17.1 Å². The highest BCUT2D eigenvalue weighted by Crippen LogP contribution is 2.35. The molecule has 5 rings (SSSR count). The van der Waals surface area contributed by atoms with Gasteiger partial charge in [-0.2, -0.15) is 0 Å². The summed E-state index contributed by atoms with van der Waals surface area (Å²) in [4.78, 5) is 8.60. The molecule has 0 saturated carbocycles. The van der Waals surface area contributed by atoms with Gasteiger partial charge < -0.3 is 13.7 Å². The average Bonchev–Trinajstić information content (AvgIpc) is 3.35. The largest absolute Gasteiger partial charge is 0.442 e. The Balaban J connectivity index is 1.81. The summed E-state index contributed by atoms with van der Waals surface area (Å²) < 4.78 is 14.9. The molecule has 0 spiro atoms. The molecule has 4 heterocycles. The van der Waals surface area contributed by atoms with Gasteiger partial charge in [0.05, 0.1) is 24.1 Å². The predicted octanol–water partition coefficient (Wildman–Crippen LogP) is 2.60. The molecule has 130 valence electrons. The van der Waals surface area contributed by atoms with E-state index in [2.05, 4.69) is 54.4 Å². The maximum absolute atomic E-state index is 5.49. The second kappa shape index (κ2) is 5.63. The molecule has 0 radical (unpaired) electrons. The van der Waals surface area contributed by atoms with Crippen LogP contribution in [0.25, 0.3) is 28.5 Å². The lowest BCUT2D eigenvalue weighted by atomic mass is 10.1. The number of hydrogen-bond acceptors (Lipinski definition) is 6. The van der Waals surface area contributed by atoms with Gasteiger partial charge in [0.2, 0.25) is 0 Å². The summed E-state index contributed by atoms with van der Waals surface area (Å²) in [5.74, 6) is 2.23. The van der Waals surface area contributed by atoms with E-state index in [-0.39, 0.29) is 0 Å². The Morgan fingerprint density at radius 2 is 2.19 bits per heavy atom. The van der Waals surface area contributed by atoms with E-state index in [9.17, 15) is 0 Å². The highest BCUT2D eigenvalue weighted by Gasteiger charge is 2.27. The molecule has 0 unspecified atom stereocenters. The third-order valence-corrected chi connectivity index (χ3v) is 4.59. The molecular formula is C18H16N6O2. The number of hydrogen-bond donors (Lipinski definition) is 0. The van der Waals surface area contributed by atoms with Crippen molar-refractivity contribution in [2.24, 2.45) is 0 Å². The van der Waals surface area contributed by atoms with E-state index in [4.69, 9.17) is 9.15 Å². The van der Waals surface area contributed by atoms with Crippen molar-refractivity contribution in [3.63, 3.8) is 0 Å². The molecule has 26 heavy (non-hydrogen) atoms. The second-order valence-corrected chi connectivity index (χ2v) is 6.26. The van der Waals surface area contributed by atoms with Crippen molar-refractivity contribution in [1.29, 1.82) is 0 Å². The molecule has 1 aliphatic heterocycles. The van der Waals surface area contributed by atoms with Crippen LogP contribution >= 0.6 is 0 Å². The Morgan fingerprint density at radius 3 is 3.00 bits per heavy atom. The topological polar surface area (TPSA) is 83.8 Å². The fourth-order valence-corrected chi connectivity index (χ4v) is 3.40. The van der Waals surface area contributed by atoms with Gasteiger partial charge in [-0.05, 0) is 19.1 Å². The van der Waals surface area contributed by atoms with Crippen molar-refractivity contribution in [1.82, 2.24) is 29.3 Å². The van der Waals surface area contributed by atoms with Gasteiger partial charge in [-0.1, -0.05) is 11.6 Å². The summed E-state index contributed by atoms with van der Waals surface area (Å²) in [6, 6.07) is 6.29. The SMILES string of the molecule is COCc1nnc2n1Cc1c(-c3cnco3)ncn1-c1ccc(C)cc1-2. The standard InChI is InChI=1S/C18H16N6O2/c1-11-3-4-13-12(5-11)18-22-21-16(8-25-2)23(18)7-14-17(20-9-24(13)14)15-6-19-10-26-15/h3-6,9-10H,7-8H2,1-2H3. The minimum atomic E-state index is 0.389. The minimum absolute atomic E-state index is 0.389. The van der Waals surface area contributed by atoms with Crippen molar-refractivity contribution in [3.05, 3.63) is 54.2 Å². The maximum Gasteiger partial charge on any atom is 0.181 e. The molecule has 0 amide bonds. The van der Waals surface area contributed by atoms with Crippen LogP contribution in [0, 0.1) is 6.92 Å². The van der Waals surface area contributed by atoms with Crippen molar-refractivity contribution in [3.8, 4) is 28.5 Å². The van der Waals surface area contributed by atoms with Gasteiger partial charge in [0.25, 0.3) is 0 Å². The highest BCUT2D eigenvalue weighted by atomic mass is 16.5. The van der Waals surface area contributed by atoms with E-state index < -0.39 is 0 Å². The van der Waals surface area contributed by atoms with Crippen LogP contribution in [-0.4, -0.2) is 36.4 Å². The zero-order chi connectivity index (χ0) is 17.7. The molecule has 0 saturated heterocycles. The number of ether oxygens (including phenoxy) is 1. The quantitative estimate of drug-likeness (QED) is 0.498. The van der Waals surface area contributed by atoms with Crippen LogP contribution in [0.2, 0.25) is 0 Å². The smallest absolute Gasteiger partial charge is 0.181 e. The number of rotatable bonds is 3. The maximum atomic E-state index is 5.49. The molecule has 0 bridgehead atoms. The molecule has 0 aliphatic carbocycles. The number of imidazole rings is 1. The van der Waals surface area contributed by atoms with Crippen molar-refractivity contribution in [2.45, 2.75) is 20.1 Å². The summed E-state index contributed by atoms with van der Waals surface area (Å²) in [5.41, 5.74) is 4.94. The Morgan fingerprint density at radius 1 is 1.27 bits per heavy atom. The normalized spacial score (nSPS) is 12.4. The number of aromatic nitrogens is 6. The van der Waals surface area contributed by atoms with Crippen molar-refractivity contribution in [2.75, 3.05) is 7.11 Å². The Kier molecular flexibility index (Phi) is 3.26. The van der Waals surface area contributed by atoms with Gasteiger partial charge >= 0.3 is 0 Å². The fourth-order valence-electron chi connectivity index (χ4n) is 3.40. The van der Waals surface area contributed by atoms with Crippen LogP contribution in [-0.2, 0) is 17.9 Å². The molecule has 3 aromatic heterocycles. The first-order valence-electron chi connectivity index (χ1n) is 8.23. The fraction of sp³-hybridized carbons (Fsp3) is 0.222. The summed E-state index contributed by atoms with van der Waals surface area (Å²) in [7, 11) is 1.65. The molecule has 0 atom stereocenters. The van der Waals surface area contributed by atoms with Crippen LogP contribution in [0.3, 0.4) is 0 Å². The van der Waals surface area contributed by atoms with E-state index in [1.165, 1.54) is 6.39 Å². The number of oxazole rings is 1. The molecule has 8 heteroatoms. The molecule has 8 nitrogen and oxygen atoms in total. The van der Waals surface area contributed by atoms with Crippen LogP contribution in [0.4, 0.5) is 0 Å². The third-order valence-electron chi connectivity index (χ3n) is 4.59. The summed E-state index contributed by atoms with van der Waals surface area (Å²) in [6.45, 7) is 3.02. The second-order valence-electron chi connectivity index (χ2n) is 6.26. The van der Waals surface area contributed by atoms with E-state index in [0.29, 0.717) is 18.9 Å². The molecule has 0 N–H and O–H groups in total. The summed E-state index contributed by atoms with van der Waals surface area (Å²) >= 11 is 0. The molecule has 1 aromatic carbocycles.